The first-order valence-electron chi connectivity index (χ1n) is 9.08. The van der Waals surface area contributed by atoms with E-state index < -0.39 is 0 Å². The molecule has 0 aliphatic heterocycles. The van der Waals surface area contributed by atoms with Crippen molar-refractivity contribution in [1.82, 2.24) is 14.8 Å². The predicted molar refractivity (Wildman–Crippen MR) is 110 cm³/mol. The average molecular weight is 379 g/mol. The molecule has 0 spiro atoms. The predicted octanol–water partition coefficient (Wildman–Crippen LogP) is 4.12. The summed E-state index contributed by atoms with van der Waals surface area (Å²) >= 11 is 0. The van der Waals surface area contributed by atoms with Gasteiger partial charge < -0.3 is 5.32 Å². The van der Waals surface area contributed by atoms with Gasteiger partial charge in [0.1, 0.15) is 5.82 Å². The van der Waals surface area contributed by atoms with Crippen LogP contribution in [0.4, 0.5) is 5.82 Å². The number of nitriles is 1. The first kappa shape index (κ1) is 18.1. The Kier molecular flexibility index (Phi) is 5.12. The Morgan fingerprint density at radius 2 is 1.83 bits per heavy atom. The van der Waals surface area contributed by atoms with Crippen LogP contribution < -0.4 is 5.32 Å². The second-order valence-electron chi connectivity index (χ2n) is 6.40. The summed E-state index contributed by atoms with van der Waals surface area (Å²) < 4.78 is 1.35. The molecule has 0 atom stereocenters. The lowest BCUT2D eigenvalue weighted by Crippen LogP contribution is -2.17. The van der Waals surface area contributed by atoms with Crippen LogP contribution in [0.25, 0.3) is 11.3 Å². The molecule has 0 radical (unpaired) electrons. The summed E-state index contributed by atoms with van der Waals surface area (Å²) in [5.74, 6) is 0.308. The van der Waals surface area contributed by atoms with Gasteiger partial charge in [0, 0.05) is 36.1 Å². The molecule has 29 heavy (non-hydrogen) atoms. The lowest BCUT2D eigenvalue weighted by Gasteiger charge is -2.09. The number of pyridine rings is 1. The molecule has 0 unspecified atom stereocenters. The number of benzene rings is 2. The lowest BCUT2D eigenvalue weighted by molar-refractivity contribution is 0.0948. The Morgan fingerprint density at radius 3 is 2.52 bits per heavy atom. The van der Waals surface area contributed by atoms with Gasteiger partial charge in [-0.2, -0.15) is 15.0 Å². The number of nitrogens with zero attached hydrogens (tertiary/aromatic N) is 4. The van der Waals surface area contributed by atoms with E-state index in [1.165, 1.54) is 4.68 Å². The highest BCUT2D eigenvalue weighted by Crippen LogP contribution is 2.23. The van der Waals surface area contributed by atoms with Crippen molar-refractivity contribution in [2.75, 3.05) is 5.32 Å². The molecule has 0 saturated heterocycles. The van der Waals surface area contributed by atoms with Gasteiger partial charge in [-0.25, -0.2) is 0 Å². The van der Waals surface area contributed by atoms with E-state index in [1.54, 1.807) is 36.7 Å². The minimum Gasteiger partial charge on any atom is -0.366 e. The van der Waals surface area contributed by atoms with Crippen LogP contribution in [0.2, 0.25) is 0 Å². The van der Waals surface area contributed by atoms with Gasteiger partial charge in [0.2, 0.25) is 0 Å². The fourth-order valence-corrected chi connectivity index (χ4v) is 2.92. The molecule has 1 N–H and O–H groups in total. The Hall–Kier alpha value is -4.24. The number of aromatic nitrogens is 3. The van der Waals surface area contributed by atoms with E-state index in [9.17, 15) is 4.79 Å². The van der Waals surface area contributed by atoms with Gasteiger partial charge in [-0.3, -0.25) is 9.78 Å². The molecule has 4 rings (SSSR count). The van der Waals surface area contributed by atoms with Gasteiger partial charge in [0.15, 0.2) is 0 Å². The SMILES string of the molecule is N#Cc1ccc(C(=O)n2nc(-c3cccnc3)cc2NCc2ccccc2)cc1. The molecule has 0 aliphatic carbocycles. The van der Waals surface area contributed by atoms with Crippen molar-refractivity contribution >= 4 is 11.7 Å². The smallest absolute Gasteiger partial charge is 0.280 e. The number of rotatable bonds is 5. The molecule has 140 valence electrons. The minimum atomic E-state index is -0.278. The molecule has 2 heterocycles. The third kappa shape index (κ3) is 4.04. The molecular formula is C23H17N5O. The first-order chi connectivity index (χ1) is 14.2. The lowest BCUT2D eigenvalue weighted by atomic mass is 10.1. The Morgan fingerprint density at radius 1 is 1.03 bits per heavy atom. The van der Waals surface area contributed by atoms with Crippen molar-refractivity contribution in [3.63, 3.8) is 0 Å². The molecule has 2 aromatic carbocycles. The highest BCUT2D eigenvalue weighted by atomic mass is 16.2. The number of carbonyl (C=O) groups excluding carboxylic acids is 1. The van der Waals surface area contributed by atoms with Crippen LogP contribution in [0.3, 0.4) is 0 Å². The van der Waals surface area contributed by atoms with Crippen molar-refractivity contribution < 1.29 is 4.79 Å². The summed E-state index contributed by atoms with van der Waals surface area (Å²) in [4.78, 5) is 17.2. The Bertz CT molecular complexity index is 1160. The average Bonchev–Trinajstić information content (AvgIpc) is 3.23. The van der Waals surface area contributed by atoms with E-state index in [4.69, 9.17) is 5.26 Å². The number of anilines is 1. The van der Waals surface area contributed by atoms with Gasteiger partial charge in [0.25, 0.3) is 5.91 Å². The van der Waals surface area contributed by atoms with E-state index in [0.717, 1.165) is 11.1 Å². The van der Waals surface area contributed by atoms with Crippen LogP contribution in [-0.2, 0) is 6.54 Å². The second-order valence-corrected chi connectivity index (χ2v) is 6.40. The summed E-state index contributed by atoms with van der Waals surface area (Å²) in [6.07, 6.45) is 3.40. The number of nitrogens with one attached hydrogen (secondary N) is 1. The van der Waals surface area contributed by atoms with E-state index in [0.29, 0.717) is 29.2 Å². The van der Waals surface area contributed by atoms with Crippen molar-refractivity contribution in [2.45, 2.75) is 6.54 Å². The number of hydrogen-bond donors (Lipinski definition) is 1. The molecule has 0 amide bonds. The third-order valence-corrected chi connectivity index (χ3v) is 4.44. The highest BCUT2D eigenvalue weighted by molar-refractivity contribution is 5.97. The first-order valence-corrected chi connectivity index (χ1v) is 9.08. The zero-order valence-corrected chi connectivity index (χ0v) is 15.5. The van der Waals surface area contributed by atoms with Gasteiger partial charge in [-0.1, -0.05) is 30.3 Å². The van der Waals surface area contributed by atoms with Crippen LogP contribution in [0, 0.1) is 11.3 Å². The monoisotopic (exact) mass is 379 g/mol. The topological polar surface area (TPSA) is 83.6 Å². The van der Waals surface area contributed by atoms with Gasteiger partial charge in [-0.15, -0.1) is 0 Å². The van der Waals surface area contributed by atoms with E-state index in [1.807, 2.05) is 48.5 Å². The zero-order chi connectivity index (χ0) is 20.1. The van der Waals surface area contributed by atoms with Crippen molar-refractivity contribution in [1.29, 1.82) is 5.26 Å². The molecule has 0 bridgehead atoms. The van der Waals surface area contributed by atoms with Gasteiger partial charge in [0.05, 0.1) is 17.3 Å². The molecule has 0 aliphatic rings. The van der Waals surface area contributed by atoms with Gasteiger partial charge >= 0.3 is 0 Å². The fraction of sp³-hybridized carbons (Fsp3) is 0.0435. The van der Waals surface area contributed by atoms with Crippen LogP contribution in [0.15, 0.2) is 85.2 Å². The Labute approximate surface area is 168 Å². The third-order valence-electron chi connectivity index (χ3n) is 4.44. The second kappa shape index (κ2) is 8.19. The van der Waals surface area contributed by atoms with Crippen molar-refractivity contribution in [3.05, 3.63) is 102 Å². The maximum Gasteiger partial charge on any atom is 0.280 e. The molecule has 6 heteroatoms. The molecule has 6 nitrogen and oxygen atoms in total. The largest absolute Gasteiger partial charge is 0.366 e. The minimum absolute atomic E-state index is 0.278. The standard InChI is InChI=1S/C23H17N5O/c24-14-17-8-10-19(11-9-17)23(29)28-22(26-15-18-5-2-1-3-6-18)13-21(27-28)20-7-4-12-25-16-20/h1-13,16,26H,15H2. The molecule has 2 aromatic heterocycles. The van der Waals surface area contributed by atoms with Crippen molar-refractivity contribution in [3.8, 4) is 17.3 Å². The number of carbonyl (C=O) groups is 1. The normalized spacial score (nSPS) is 10.3. The van der Waals surface area contributed by atoms with E-state index >= 15 is 0 Å². The summed E-state index contributed by atoms with van der Waals surface area (Å²) in [6, 6.07) is 24.0. The molecule has 0 saturated carbocycles. The molecular weight excluding hydrogens is 362 g/mol. The van der Waals surface area contributed by atoms with E-state index in [2.05, 4.69) is 21.5 Å². The van der Waals surface area contributed by atoms with Crippen LogP contribution in [0.1, 0.15) is 21.5 Å². The van der Waals surface area contributed by atoms with E-state index in [-0.39, 0.29) is 5.91 Å². The number of hydrogen-bond acceptors (Lipinski definition) is 5. The van der Waals surface area contributed by atoms with Crippen LogP contribution in [-0.4, -0.2) is 20.7 Å². The highest BCUT2D eigenvalue weighted by Gasteiger charge is 2.17. The maximum atomic E-state index is 13.1. The fourth-order valence-electron chi connectivity index (χ4n) is 2.92. The summed E-state index contributed by atoms with van der Waals surface area (Å²) in [5.41, 5.74) is 3.51. The molecule has 0 fully saturated rings. The zero-order valence-electron chi connectivity index (χ0n) is 15.5. The quantitative estimate of drug-likeness (QED) is 0.564. The summed E-state index contributed by atoms with van der Waals surface area (Å²) in [6.45, 7) is 0.555. The summed E-state index contributed by atoms with van der Waals surface area (Å²) in [7, 11) is 0. The molecule has 4 aromatic rings. The maximum absolute atomic E-state index is 13.1. The summed E-state index contributed by atoms with van der Waals surface area (Å²) in [5, 5.41) is 16.8. The van der Waals surface area contributed by atoms with Crippen molar-refractivity contribution in [2.24, 2.45) is 0 Å². The van der Waals surface area contributed by atoms with Gasteiger partial charge in [-0.05, 0) is 42.0 Å². The van der Waals surface area contributed by atoms with Crippen LogP contribution in [0.5, 0.6) is 0 Å². The Balaban J connectivity index is 1.68. The van der Waals surface area contributed by atoms with Crippen LogP contribution >= 0.6 is 0 Å².